The Morgan fingerprint density at radius 3 is 2.58 bits per heavy atom. The second kappa shape index (κ2) is 8.57. The average molecular weight is 455 g/mol. The third kappa shape index (κ3) is 3.95. The molecular formula is C25H31FN4O3. The van der Waals surface area contributed by atoms with E-state index in [1.165, 1.54) is 6.42 Å². The summed E-state index contributed by atoms with van der Waals surface area (Å²) in [7, 11) is 1.90. The third-order valence-corrected chi connectivity index (χ3v) is 7.35. The maximum Gasteiger partial charge on any atom is 0.278 e. The van der Waals surface area contributed by atoms with Crippen LogP contribution in [0.5, 0.6) is 0 Å². The van der Waals surface area contributed by atoms with E-state index in [2.05, 4.69) is 10.5 Å². The molecule has 1 aromatic heterocycles. The van der Waals surface area contributed by atoms with Crippen molar-refractivity contribution in [3.63, 3.8) is 0 Å². The molecule has 8 heteroatoms. The van der Waals surface area contributed by atoms with Crippen molar-refractivity contribution in [1.29, 1.82) is 0 Å². The largest absolute Gasteiger partial charge is 0.371 e. The Hall–Kier alpha value is -2.71. The quantitative estimate of drug-likeness (QED) is 0.695. The molecule has 3 aliphatic rings. The van der Waals surface area contributed by atoms with Crippen LogP contribution in [0.25, 0.3) is 11.3 Å². The smallest absolute Gasteiger partial charge is 0.278 e. The number of allylic oxidation sites excluding steroid dienone is 1. The number of hydrogen-bond donors (Lipinski definition) is 2. The SMILES string of the molecule is CC1=C(NC(=O)c2noc(-c3ccc(C4CC4)cc3F)c2C)C(O)N(C2CCCCC2)N1C. The topological polar surface area (TPSA) is 81.8 Å². The second-order valence-electron chi connectivity index (χ2n) is 9.52. The lowest BCUT2D eigenvalue weighted by Crippen LogP contribution is -2.49. The molecule has 2 aliphatic carbocycles. The lowest BCUT2D eigenvalue weighted by atomic mass is 9.95. The highest BCUT2D eigenvalue weighted by Gasteiger charge is 2.40. The van der Waals surface area contributed by atoms with E-state index in [4.69, 9.17) is 4.52 Å². The molecule has 176 valence electrons. The molecule has 1 unspecified atom stereocenters. The maximum atomic E-state index is 14.8. The molecule has 0 saturated heterocycles. The highest BCUT2D eigenvalue weighted by molar-refractivity contribution is 5.96. The number of carbonyl (C=O) groups is 1. The summed E-state index contributed by atoms with van der Waals surface area (Å²) < 4.78 is 20.2. The Bertz CT molecular complexity index is 1100. The van der Waals surface area contributed by atoms with Crippen LogP contribution >= 0.6 is 0 Å². The van der Waals surface area contributed by atoms with Gasteiger partial charge in [-0.3, -0.25) is 4.79 Å². The van der Waals surface area contributed by atoms with E-state index in [0.717, 1.165) is 49.8 Å². The van der Waals surface area contributed by atoms with E-state index < -0.39 is 12.1 Å². The van der Waals surface area contributed by atoms with Crippen LogP contribution in [0.15, 0.2) is 34.1 Å². The summed E-state index contributed by atoms with van der Waals surface area (Å²) in [5.74, 6) is -0.157. The number of carbonyl (C=O) groups excluding carboxylic acids is 1. The predicted octanol–water partition coefficient (Wildman–Crippen LogP) is 4.44. The van der Waals surface area contributed by atoms with E-state index >= 15 is 0 Å². The Balaban J connectivity index is 1.35. The van der Waals surface area contributed by atoms with E-state index in [-0.39, 0.29) is 23.3 Å². The molecule has 1 amide bonds. The Labute approximate surface area is 193 Å². The lowest BCUT2D eigenvalue weighted by Gasteiger charge is -2.38. The lowest BCUT2D eigenvalue weighted by molar-refractivity contribution is -0.106. The number of nitrogens with zero attached hydrogens (tertiary/aromatic N) is 3. The molecule has 2 fully saturated rings. The highest BCUT2D eigenvalue weighted by Crippen LogP contribution is 2.41. The van der Waals surface area contributed by atoms with E-state index in [9.17, 15) is 14.3 Å². The van der Waals surface area contributed by atoms with Gasteiger partial charge in [-0.2, -0.15) is 5.01 Å². The average Bonchev–Trinajstić information content (AvgIpc) is 3.56. The molecule has 1 aromatic carbocycles. The zero-order chi connectivity index (χ0) is 23.3. The van der Waals surface area contributed by atoms with E-state index in [1.807, 2.05) is 30.1 Å². The van der Waals surface area contributed by atoms with Gasteiger partial charge in [0.15, 0.2) is 17.7 Å². The molecule has 1 aliphatic heterocycles. The first-order valence-electron chi connectivity index (χ1n) is 11.8. The number of rotatable bonds is 5. The van der Waals surface area contributed by atoms with E-state index in [0.29, 0.717) is 22.7 Å². The van der Waals surface area contributed by atoms with Crippen molar-refractivity contribution in [1.82, 2.24) is 20.5 Å². The summed E-state index contributed by atoms with van der Waals surface area (Å²) in [6.45, 7) is 3.57. The van der Waals surface area contributed by atoms with Crippen LogP contribution < -0.4 is 5.32 Å². The fraction of sp³-hybridized carbons (Fsp3) is 0.520. The zero-order valence-electron chi connectivity index (χ0n) is 19.4. The summed E-state index contributed by atoms with van der Waals surface area (Å²) in [5.41, 5.74) is 3.07. The number of benzene rings is 1. The predicted molar refractivity (Wildman–Crippen MR) is 121 cm³/mol. The van der Waals surface area contributed by atoms with Crippen LogP contribution in [-0.4, -0.2) is 45.5 Å². The summed E-state index contributed by atoms with van der Waals surface area (Å²) in [6, 6.07) is 5.40. The van der Waals surface area contributed by atoms with E-state index in [1.54, 1.807) is 19.1 Å². The van der Waals surface area contributed by atoms with Gasteiger partial charge in [-0.25, -0.2) is 4.39 Å². The van der Waals surface area contributed by atoms with Gasteiger partial charge >= 0.3 is 0 Å². The molecule has 5 rings (SSSR count). The minimum Gasteiger partial charge on any atom is -0.371 e. The molecule has 33 heavy (non-hydrogen) atoms. The van der Waals surface area contributed by atoms with Crippen LogP contribution in [-0.2, 0) is 0 Å². The fourth-order valence-electron chi connectivity index (χ4n) is 5.14. The molecule has 7 nitrogen and oxygen atoms in total. The van der Waals surface area contributed by atoms with Gasteiger partial charge < -0.3 is 20.0 Å². The number of hydrazine groups is 1. The molecule has 2 heterocycles. The van der Waals surface area contributed by atoms with Crippen molar-refractivity contribution >= 4 is 5.91 Å². The van der Waals surface area contributed by atoms with Gasteiger partial charge in [-0.05, 0) is 63.1 Å². The zero-order valence-corrected chi connectivity index (χ0v) is 19.4. The Kier molecular flexibility index (Phi) is 5.74. The molecule has 2 saturated carbocycles. The standard InChI is InChI=1S/C25H31FN4O3/c1-14-21(28-33-23(14)19-12-11-17(13-20(19)26)16-9-10-16)24(31)27-22-15(2)29(3)30(25(22)32)18-7-5-4-6-8-18/h11-13,16,18,25,32H,4-10H2,1-3H3,(H,27,31). The summed E-state index contributed by atoms with van der Waals surface area (Å²) in [4.78, 5) is 13.1. The third-order valence-electron chi connectivity index (χ3n) is 7.35. The summed E-state index contributed by atoms with van der Waals surface area (Å²) >= 11 is 0. The van der Waals surface area contributed by atoms with Crippen molar-refractivity contribution in [3.05, 3.63) is 52.2 Å². The number of aliphatic hydroxyl groups is 1. The number of nitrogens with one attached hydrogen (secondary N) is 1. The number of halogens is 1. The Morgan fingerprint density at radius 2 is 1.91 bits per heavy atom. The normalized spacial score (nSPS) is 22.3. The van der Waals surface area contributed by atoms with Gasteiger partial charge in [0.1, 0.15) is 5.82 Å². The van der Waals surface area contributed by atoms with Gasteiger partial charge in [0, 0.05) is 24.4 Å². The molecule has 0 spiro atoms. The maximum absolute atomic E-state index is 14.8. The van der Waals surface area contributed by atoms with Crippen molar-refractivity contribution in [2.24, 2.45) is 0 Å². The van der Waals surface area contributed by atoms with Crippen LogP contribution in [0, 0.1) is 12.7 Å². The van der Waals surface area contributed by atoms with Gasteiger partial charge in [0.05, 0.1) is 11.3 Å². The van der Waals surface area contributed by atoms with Crippen LogP contribution in [0.3, 0.4) is 0 Å². The van der Waals surface area contributed by atoms with Crippen molar-refractivity contribution in [3.8, 4) is 11.3 Å². The van der Waals surface area contributed by atoms with Gasteiger partial charge in [0.25, 0.3) is 5.91 Å². The Morgan fingerprint density at radius 1 is 1.18 bits per heavy atom. The number of aromatic nitrogens is 1. The van der Waals surface area contributed by atoms with Crippen LogP contribution in [0.2, 0.25) is 0 Å². The molecule has 2 N–H and O–H groups in total. The highest BCUT2D eigenvalue weighted by atomic mass is 19.1. The monoisotopic (exact) mass is 454 g/mol. The van der Waals surface area contributed by atoms with Crippen LogP contribution in [0.4, 0.5) is 4.39 Å². The summed E-state index contributed by atoms with van der Waals surface area (Å²) in [6.07, 6.45) is 6.80. The minimum atomic E-state index is -0.929. The van der Waals surface area contributed by atoms with Crippen LogP contribution in [0.1, 0.15) is 79.4 Å². The molecular weight excluding hydrogens is 423 g/mol. The molecule has 0 radical (unpaired) electrons. The molecule has 1 atom stereocenters. The molecule has 2 aromatic rings. The fourth-order valence-corrected chi connectivity index (χ4v) is 5.14. The first-order valence-corrected chi connectivity index (χ1v) is 11.8. The van der Waals surface area contributed by atoms with Gasteiger partial charge in [-0.15, -0.1) is 0 Å². The number of amides is 1. The van der Waals surface area contributed by atoms with Gasteiger partial charge in [0.2, 0.25) is 0 Å². The molecule has 0 bridgehead atoms. The first kappa shape index (κ1) is 22.1. The number of hydrogen-bond acceptors (Lipinski definition) is 6. The minimum absolute atomic E-state index is 0.0851. The second-order valence-corrected chi connectivity index (χ2v) is 9.52. The summed E-state index contributed by atoms with van der Waals surface area (Å²) in [5, 5.41) is 21.7. The van der Waals surface area contributed by atoms with Gasteiger partial charge in [-0.1, -0.05) is 30.5 Å². The first-order chi connectivity index (χ1) is 15.9. The van der Waals surface area contributed by atoms with Crippen molar-refractivity contribution in [2.75, 3.05) is 7.05 Å². The van der Waals surface area contributed by atoms with Crippen molar-refractivity contribution < 1.29 is 18.8 Å². The number of aliphatic hydroxyl groups excluding tert-OH is 1. The van der Waals surface area contributed by atoms with Crippen molar-refractivity contribution in [2.45, 2.75) is 77.0 Å².